The number of aromatic nitrogens is 1. The Kier molecular flexibility index (Phi) is 2.86. The molecule has 0 aliphatic carbocycles. The molecule has 0 saturated carbocycles. The summed E-state index contributed by atoms with van der Waals surface area (Å²) >= 11 is 0. The van der Waals surface area contributed by atoms with Gasteiger partial charge in [0, 0.05) is 24.1 Å². The highest BCUT2D eigenvalue weighted by molar-refractivity contribution is 5.46. The number of fused-ring (bicyclic) bond motifs is 3. The highest BCUT2D eigenvalue weighted by Gasteiger charge is 2.22. The van der Waals surface area contributed by atoms with Crippen molar-refractivity contribution in [2.75, 3.05) is 0 Å². The summed E-state index contributed by atoms with van der Waals surface area (Å²) in [4.78, 5) is 0. The lowest BCUT2D eigenvalue weighted by atomic mass is 10.0. The summed E-state index contributed by atoms with van der Waals surface area (Å²) in [5.41, 5.74) is 4.51. The topological polar surface area (TPSA) is 17.0 Å². The van der Waals surface area contributed by atoms with Crippen LogP contribution < -0.4 is 5.32 Å². The smallest absolute Gasteiger partial charge is 0.123 e. The van der Waals surface area contributed by atoms with Gasteiger partial charge in [0.15, 0.2) is 0 Å². The largest absolute Gasteiger partial charge is 0.319 e. The van der Waals surface area contributed by atoms with Gasteiger partial charge in [0.2, 0.25) is 0 Å². The molecule has 2 aromatic carbocycles. The van der Waals surface area contributed by atoms with Crippen LogP contribution in [-0.2, 0) is 6.54 Å². The molecular weight excluding hydrogens is 263 g/mol. The van der Waals surface area contributed by atoms with Gasteiger partial charge in [0.1, 0.15) is 5.82 Å². The number of benzene rings is 2. The highest BCUT2D eigenvalue weighted by Crippen LogP contribution is 2.30. The second-order valence-electron chi connectivity index (χ2n) is 5.30. The van der Waals surface area contributed by atoms with E-state index in [1.165, 1.54) is 17.3 Å². The molecule has 21 heavy (non-hydrogen) atoms. The first-order valence-electron chi connectivity index (χ1n) is 7.07. The lowest BCUT2D eigenvalue weighted by Gasteiger charge is -2.18. The summed E-state index contributed by atoms with van der Waals surface area (Å²) in [6.45, 7) is 0.763. The van der Waals surface area contributed by atoms with E-state index in [1.54, 1.807) is 12.1 Å². The Morgan fingerprint density at radius 3 is 2.81 bits per heavy atom. The first kappa shape index (κ1) is 12.4. The third-order valence-corrected chi connectivity index (χ3v) is 4.01. The molecule has 2 heterocycles. The second kappa shape index (κ2) is 4.86. The third-order valence-electron chi connectivity index (χ3n) is 4.01. The van der Waals surface area contributed by atoms with E-state index in [2.05, 4.69) is 34.3 Å². The minimum Gasteiger partial charge on any atom is -0.319 e. The fourth-order valence-electron chi connectivity index (χ4n) is 3.04. The standard InChI is InChI=1S/C18H15FN2/c19-15-7-3-6-13(11-15)18-17-9-4-10-21(17)16-8-2-1-5-14(16)12-20-18/h1-11,18,20H,12H2/t18-/m0/s1. The normalized spacial score (nSPS) is 16.9. The third kappa shape index (κ3) is 2.06. The molecule has 104 valence electrons. The molecule has 0 fully saturated rings. The van der Waals surface area contributed by atoms with E-state index in [4.69, 9.17) is 0 Å². The average Bonchev–Trinajstić information content (AvgIpc) is 2.92. The molecule has 0 unspecified atom stereocenters. The van der Waals surface area contributed by atoms with Gasteiger partial charge in [-0.2, -0.15) is 0 Å². The van der Waals surface area contributed by atoms with Crippen LogP contribution in [0.5, 0.6) is 0 Å². The number of halogens is 1. The van der Waals surface area contributed by atoms with Crippen LogP contribution in [0.25, 0.3) is 5.69 Å². The molecule has 1 aliphatic heterocycles. The predicted molar refractivity (Wildman–Crippen MR) is 80.9 cm³/mol. The van der Waals surface area contributed by atoms with Gasteiger partial charge in [0.05, 0.1) is 6.04 Å². The monoisotopic (exact) mass is 278 g/mol. The maximum absolute atomic E-state index is 13.6. The molecule has 1 N–H and O–H groups in total. The summed E-state index contributed by atoms with van der Waals surface area (Å²) in [7, 11) is 0. The molecule has 1 atom stereocenters. The van der Waals surface area contributed by atoms with Crippen LogP contribution in [0, 0.1) is 5.82 Å². The zero-order valence-corrected chi connectivity index (χ0v) is 11.5. The summed E-state index contributed by atoms with van der Waals surface area (Å²) in [6, 6.07) is 19.3. The van der Waals surface area contributed by atoms with E-state index in [-0.39, 0.29) is 11.9 Å². The average molecular weight is 278 g/mol. The van der Waals surface area contributed by atoms with Gasteiger partial charge < -0.3 is 9.88 Å². The quantitative estimate of drug-likeness (QED) is 0.716. The first-order valence-corrected chi connectivity index (χ1v) is 7.07. The Balaban J connectivity index is 1.87. The van der Waals surface area contributed by atoms with Gasteiger partial charge in [0.25, 0.3) is 0 Å². The fourth-order valence-corrected chi connectivity index (χ4v) is 3.04. The van der Waals surface area contributed by atoms with Gasteiger partial charge in [-0.1, -0.05) is 30.3 Å². The van der Waals surface area contributed by atoms with Gasteiger partial charge in [-0.25, -0.2) is 4.39 Å². The van der Waals surface area contributed by atoms with Crippen molar-refractivity contribution in [3.05, 3.63) is 89.5 Å². The van der Waals surface area contributed by atoms with E-state index in [9.17, 15) is 4.39 Å². The number of hydrogen-bond acceptors (Lipinski definition) is 1. The summed E-state index contributed by atoms with van der Waals surface area (Å²) in [6.07, 6.45) is 2.06. The van der Waals surface area contributed by atoms with Crippen LogP contribution >= 0.6 is 0 Å². The number of para-hydroxylation sites is 1. The van der Waals surface area contributed by atoms with Crippen molar-refractivity contribution in [3.8, 4) is 5.69 Å². The van der Waals surface area contributed by atoms with Crippen molar-refractivity contribution >= 4 is 0 Å². The van der Waals surface area contributed by atoms with Crippen LogP contribution in [0.15, 0.2) is 66.9 Å². The molecule has 0 radical (unpaired) electrons. The van der Waals surface area contributed by atoms with E-state index in [0.717, 1.165) is 17.8 Å². The second-order valence-corrected chi connectivity index (χ2v) is 5.30. The molecule has 0 spiro atoms. The molecule has 2 nitrogen and oxygen atoms in total. The van der Waals surface area contributed by atoms with Crippen molar-refractivity contribution in [1.82, 2.24) is 9.88 Å². The van der Waals surface area contributed by atoms with Crippen molar-refractivity contribution in [3.63, 3.8) is 0 Å². The Hall–Kier alpha value is -2.39. The predicted octanol–water partition coefficient (Wildman–Crippen LogP) is 3.81. The summed E-state index contributed by atoms with van der Waals surface area (Å²) in [5, 5.41) is 3.54. The van der Waals surface area contributed by atoms with Crippen molar-refractivity contribution < 1.29 is 4.39 Å². The molecule has 0 amide bonds. The van der Waals surface area contributed by atoms with Gasteiger partial charge in [-0.15, -0.1) is 0 Å². The van der Waals surface area contributed by atoms with Gasteiger partial charge in [-0.3, -0.25) is 0 Å². The molecule has 3 aromatic rings. The highest BCUT2D eigenvalue weighted by atomic mass is 19.1. The lowest BCUT2D eigenvalue weighted by molar-refractivity contribution is 0.586. The minimum absolute atomic E-state index is 0.0110. The van der Waals surface area contributed by atoms with Crippen LogP contribution in [0.4, 0.5) is 4.39 Å². The van der Waals surface area contributed by atoms with Gasteiger partial charge >= 0.3 is 0 Å². The Morgan fingerprint density at radius 1 is 1.00 bits per heavy atom. The van der Waals surface area contributed by atoms with Crippen molar-refractivity contribution in [1.29, 1.82) is 0 Å². The number of nitrogens with zero attached hydrogens (tertiary/aromatic N) is 1. The Bertz CT molecular complexity index is 791. The van der Waals surface area contributed by atoms with Crippen LogP contribution in [0.2, 0.25) is 0 Å². The first-order chi connectivity index (χ1) is 10.3. The molecular formula is C18H15FN2. The van der Waals surface area contributed by atoms with E-state index < -0.39 is 0 Å². The maximum atomic E-state index is 13.6. The zero-order valence-electron chi connectivity index (χ0n) is 11.5. The molecule has 3 heteroatoms. The van der Waals surface area contributed by atoms with Crippen molar-refractivity contribution in [2.24, 2.45) is 0 Å². The molecule has 0 saturated heterocycles. The number of nitrogens with one attached hydrogen (secondary N) is 1. The summed E-state index contributed by atoms with van der Waals surface area (Å²) < 4.78 is 15.7. The molecule has 0 bridgehead atoms. The van der Waals surface area contributed by atoms with E-state index in [0.29, 0.717) is 0 Å². The molecule has 1 aromatic heterocycles. The minimum atomic E-state index is -0.200. The van der Waals surface area contributed by atoms with Crippen LogP contribution in [0.3, 0.4) is 0 Å². The molecule has 1 aliphatic rings. The maximum Gasteiger partial charge on any atom is 0.123 e. The lowest BCUT2D eigenvalue weighted by Crippen LogP contribution is -2.21. The van der Waals surface area contributed by atoms with Crippen LogP contribution in [0.1, 0.15) is 22.9 Å². The van der Waals surface area contributed by atoms with Crippen LogP contribution in [-0.4, -0.2) is 4.57 Å². The summed E-state index contributed by atoms with van der Waals surface area (Å²) in [5.74, 6) is -0.200. The zero-order chi connectivity index (χ0) is 14.2. The van der Waals surface area contributed by atoms with E-state index >= 15 is 0 Å². The SMILES string of the molecule is Fc1cccc([C@@H]2NCc3ccccc3-n3cccc32)c1. The Labute approximate surface area is 122 Å². The number of rotatable bonds is 1. The number of hydrogen-bond donors (Lipinski definition) is 1. The van der Waals surface area contributed by atoms with E-state index in [1.807, 2.05) is 24.3 Å². The molecule has 4 rings (SSSR count). The fraction of sp³-hybridized carbons (Fsp3) is 0.111. The Morgan fingerprint density at radius 2 is 1.90 bits per heavy atom. The van der Waals surface area contributed by atoms with Gasteiger partial charge in [-0.05, 0) is 41.5 Å². The van der Waals surface area contributed by atoms with Crippen molar-refractivity contribution in [2.45, 2.75) is 12.6 Å².